The van der Waals surface area contributed by atoms with Crippen molar-refractivity contribution in [2.24, 2.45) is 0 Å². The second-order valence-electron chi connectivity index (χ2n) is 4.52. The number of carbonyl (C=O) groups excluding carboxylic acids is 1. The van der Waals surface area contributed by atoms with Crippen molar-refractivity contribution in [3.63, 3.8) is 0 Å². The van der Waals surface area contributed by atoms with Gasteiger partial charge in [-0.05, 0) is 38.4 Å². The summed E-state index contributed by atoms with van der Waals surface area (Å²) in [7, 11) is 0. The molecular weight excluding hydrogens is 194 g/mol. The van der Waals surface area contributed by atoms with Crippen LogP contribution in [0, 0.1) is 0 Å². The van der Waals surface area contributed by atoms with E-state index in [9.17, 15) is 4.79 Å². The first-order valence-corrected chi connectivity index (χ1v) is 6.61. The van der Waals surface area contributed by atoms with Gasteiger partial charge in [-0.25, -0.2) is 0 Å². The first-order valence-electron chi connectivity index (χ1n) is 5.62. The van der Waals surface area contributed by atoms with Gasteiger partial charge in [-0.15, -0.1) is 11.8 Å². The summed E-state index contributed by atoms with van der Waals surface area (Å²) < 4.78 is -0.140. The molecule has 0 spiro atoms. The van der Waals surface area contributed by atoms with Crippen molar-refractivity contribution < 1.29 is 4.79 Å². The molecule has 2 aliphatic heterocycles. The fraction of sp³-hybridized carbons (Fsp3) is 0.909. The third kappa shape index (κ3) is 1.56. The van der Waals surface area contributed by atoms with Gasteiger partial charge in [0.2, 0.25) is 5.91 Å². The average Bonchev–Trinajstić information content (AvgIpc) is 2.60. The highest BCUT2D eigenvalue weighted by Gasteiger charge is 2.42. The van der Waals surface area contributed by atoms with Crippen molar-refractivity contribution in [3.8, 4) is 0 Å². The molecule has 2 aliphatic rings. The second-order valence-corrected chi connectivity index (χ2v) is 6.11. The lowest BCUT2D eigenvalue weighted by molar-refractivity contribution is -0.134. The van der Waals surface area contributed by atoms with Gasteiger partial charge in [-0.3, -0.25) is 4.79 Å². The minimum atomic E-state index is -0.140. The Balaban J connectivity index is 2.21. The lowest BCUT2D eigenvalue weighted by Crippen LogP contribution is -2.44. The summed E-state index contributed by atoms with van der Waals surface area (Å²) in [5, 5.41) is 0. The van der Waals surface area contributed by atoms with Crippen LogP contribution in [0.25, 0.3) is 0 Å². The van der Waals surface area contributed by atoms with Gasteiger partial charge in [0.25, 0.3) is 0 Å². The molecule has 80 valence electrons. The van der Waals surface area contributed by atoms with E-state index in [1.807, 2.05) is 11.8 Å². The number of nitrogens with zero attached hydrogens (tertiary/aromatic N) is 1. The van der Waals surface area contributed by atoms with Crippen molar-refractivity contribution in [2.45, 2.75) is 50.3 Å². The first kappa shape index (κ1) is 10.3. The highest BCUT2D eigenvalue weighted by molar-refractivity contribution is 8.01. The smallest absolute Gasteiger partial charge is 0.238 e. The van der Waals surface area contributed by atoms with Crippen LogP contribution in [0.15, 0.2) is 0 Å². The molecule has 2 rings (SSSR count). The van der Waals surface area contributed by atoms with Crippen LogP contribution in [0.3, 0.4) is 0 Å². The van der Waals surface area contributed by atoms with Gasteiger partial charge >= 0.3 is 0 Å². The maximum atomic E-state index is 12.3. The second kappa shape index (κ2) is 3.76. The van der Waals surface area contributed by atoms with Crippen molar-refractivity contribution >= 4 is 17.7 Å². The van der Waals surface area contributed by atoms with E-state index in [1.54, 1.807) is 0 Å². The number of hydrogen-bond donors (Lipinski definition) is 0. The minimum Gasteiger partial charge on any atom is -0.338 e. The molecular formula is C11H19NOS. The van der Waals surface area contributed by atoms with Crippen LogP contribution in [0.4, 0.5) is 0 Å². The average molecular weight is 213 g/mol. The highest BCUT2D eigenvalue weighted by atomic mass is 32.2. The fourth-order valence-corrected chi connectivity index (χ4v) is 3.73. The zero-order chi connectivity index (χ0) is 10.2. The van der Waals surface area contributed by atoms with E-state index in [2.05, 4.69) is 18.7 Å². The van der Waals surface area contributed by atoms with Gasteiger partial charge < -0.3 is 4.90 Å². The van der Waals surface area contributed by atoms with Gasteiger partial charge in [-0.1, -0.05) is 6.92 Å². The summed E-state index contributed by atoms with van der Waals surface area (Å²) in [6.45, 7) is 5.24. The summed E-state index contributed by atoms with van der Waals surface area (Å²) in [6.07, 6.45) is 4.60. The summed E-state index contributed by atoms with van der Waals surface area (Å²) in [5.41, 5.74) is 0. The molecule has 0 aromatic heterocycles. The number of rotatable bonds is 1. The fourth-order valence-electron chi connectivity index (χ4n) is 2.44. The van der Waals surface area contributed by atoms with Crippen molar-refractivity contribution in [3.05, 3.63) is 0 Å². The van der Waals surface area contributed by atoms with Crippen LogP contribution in [-0.4, -0.2) is 33.9 Å². The normalized spacial score (nSPS) is 38.3. The number of amides is 1. The van der Waals surface area contributed by atoms with Crippen molar-refractivity contribution in [2.75, 3.05) is 12.3 Å². The molecule has 2 nitrogen and oxygen atoms in total. The molecule has 0 radical (unpaired) electrons. The monoisotopic (exact) mass is 213 g/mol. The molecule has 0 aromatic carbocycles. The SMILES string of the molecule is CCC1(C)SCCC2CCCN2C1=O. The van der Waals surface area contributed by atoms with E-state index in [0.29, 0.717) is 11.9 Å². The Hall–Kier alpha value is -0.180. The molecule has 2 fully saturated rings. The maximum Gasteiger partial charge on any atom is 0.238 e. The third-order valence-electron chi connectivity index (χ3n) is 3.64. The van der Waals surface area contributed by atoms with E-state index in [4.69, 9.17) is 0 Å². The largest absolute Gasteiger partial charge is 0.338 e. The first-order chi connectivity index (χ1) is 6.67. The van der Waals surface area contributed by atoms with Crippen LogP contribution in [0.5, 0.6) is 0 Å². The van der Waals surface area contributed by atoms with Crippen LogP contribution < -0.4 is 0 Å². The molecule has 2 atom stereocenters. The summed E-state index contributed by atoms with van der Waals surface area (Å²) >= 11 is 1.86. The van der Waals surface area contributed by atoms with Gasteiger partial charge in [0.15, 0.2) is 0 Å². The van der Waals surface area contributed by atoms with Crippen LogP contribution in [0.1, 0.15) is 39.5 Å². The van der Waals surface area contributed by atoms with Gasteiger partial charge in [0.05, 0.1) is 4.75 Å². The lowest BCUT2D eigenvalue weighted by atomic mass is 10.1. The molecule has 0 N–H and O–H groups in total. The zero-order valence-electron chi connectivity index (χ0n) is 9.08. The minimum absolute atomic E-state index is 0.140. The summed E-state index contributed by atoms with van der Waals surface area (Å²) in [5.74, 6) is 1.54. The number of thioether (sulfide) groups is 1. The molecule has 0 saturated carbocycles. The molecule has 0 aromatic rings. The van der Waals surface area contributed by atoms with Crippen LogP contribution in [-0.2, 0) is 4.79 Å². The highest BCUT2D eigenvalue weighted by Crippen LogP contribution is 2.38. The van der Waals surface area contributed by atoms with Crippen LogP contribution >= 0.6 is 11.8 Å². The molecule has 2 unspecified atom stereocenters. The van der Waals surface area contributed by atoms with E-state index in [-0.39, 0.29) is 4.75 Å². The molecule has 0 aliphatic carbocycles. The Morgan fingerprint density at radius 2 is 2.36 bits per heavy atom. The van der Waals surface area contributed by atoms with Gasteiger partial charge in [-0.2, -0.15) is 0 Å². The van der Waals surface area contributed by atoms with E-state index in [0.717, 1.165) is 18.7 Å². The van der Waals surface area contributed by atoms with E-state index >= 15 is 0 Å². The van der Waals surface area contributed by atoms with Crippen molar-refractivity contribution in [1.29, 1.82) is 0 Å². The topological polar surface area (TPSA) is 20.3 Å². The lowest BCUT2D eigenvalue weighted by Gasteiger charge is -2.30. The Kier molecular flexibility index (Phi) is 2.78. The Labute approximate surface area is 90.4 Å². The number of hydrogen-bond acceptors (Lipinski definition) is 2. The third-order valence-corrected chi connectivity index (χ3v) is 5.18. The summed E-state index contributed by atoms with van der Waals surface area (Å²) in [6, 6.07) is 0.559. The molecule has 0 bridgehead atoms. The quantitative estimate of drug-likeness (QED) is 0.666. The number of carbonyl (C=O) groups is 1. The van der Waals surface area contributed by atoms with Crippen LogP contribution in [0.2, 0.25) is 0 Å². The maximum absolute atomic E-state index is 12.3. The Bertz CT molecular complexity index is 243. The van der Waals surface area contributed by atoms with Gasteiger partial charge in [0, 0.05) is 12.6 Å². The molecule has 2 saturated heterocycles. The molecule has 3 heteroatoms. The Morgan fingerprint density at radius 3 is 3.07 bits per heavy atom. The van der Waals surface area contributed by atoms with E-state index < -0.39 is 0 Å². The van der Waals surface area contributed by atoms with Crippen molar-refractivity contribution in [1.82, 2.24) is 4.90 Å². The Morgan fingerprint density at radius 1 is 1.57 bits per heavy atom. The molecule has 1 amide bonds. The van der Waals surface area contributed by atoms with Gasteiger partial charge in [0.1, 0.15) is 0 Å². The number of fused-ring (bicyclic) bond motifs is 1. The standard InChI is InChI=1S/C11H19NOS/c1-3-11(2)10(13)12-7-4-5-9(12)6-8-14-11/h9H,3-8H2,1-2H3. The predicted octanol–water partition coefficient (Wildman–Crippen LogP) is 2.28. The summed E-state index contributed by atoms with van der Waals surface area (Å²) in [4.78, 5) is 14.4. The molecule has 14 heavy (non-hydrogen) atoms. The molecule has 2 heterocycles. The predicted molar refractivity (Wildman–Crippen MR) is 60.5 cm³/mol. The van der Waals surface area contributed by atoms with E-state index in [1.165, 1.54) is 19.3 Å². The zero-order valence-corrected chi connectivity index (χ0v) is 9.90.